The maximum absolute atomic E-state index is 14.9. The monoisotopic (exact) mass is 847 g/mol. The predicted molar refractivity (Wildman–Crippen MR) is 225 cm³/mol. The summed E-state index contributed by atoms with van der Waals surface area (Å²) in [6.45, 7) is 8.96. The van der Waals surface area contributed by atoms with Crippen molar-refractivity contribution in [3.63, 3.8) is 0 Å². The molecular weight excluding hydrogens is 799 g/mol. The van der Waals surface area contributed by atoms with Crippen LogP contribution in [0.5, 0.6) is 17.5 Å². The number of methoxy groups -OCH3 is 2. The Morgan fingerprint density at radius 3 is 1.97 bits per heavy atom. The van der Waals surface area contributed by atoms with Gasteiger partial charge in [-0.3, -0.25) is 4.90 Å². The number of rotatable bonds is 12. The van der Waals surface area contributed by atoms with Gasteiger partial charge in [-0.2, -0.15) is 23.1 Å². The maximum Gasteiger partial charge on any atom is 0.418 e. The van der Waals surface area contributed by atoms with Gasteiger partial charge >= 0.3 is 18.3 Å². The summed E-state index contributed by atoms with van der Waals surface area (Å²) in [5.41, 5.74) is 0.249. The van der Waals surface area contributed by atoms with Gasteiger partial charge < -0.3 is 33.6 Å². The van der Waals surface area contributed by atoms with Crippen molar-refractivity contribution in [2.75, 3.05) is 70.4 Å². The first kappa shape index (κ1) is 42.6. The minimum atomic E-state index is -4.76. The highest BCUT2D eigenvalue weighted by atomic mass is 35.5. The molecule has 16 heteroatoms. The number of hydrogen-bond donors (Lipinski definition) is 0. The standard InChI is InChI=1S/C44H49ClF3N7O5/c1-43(2,3)60-42(56)54-21-19-53(20-22-54)40-34-23-36(45)33(24-37(34)49-41(51-40)59-27-30-17-18-52(30)4)39-35(44(46,47)48)15-16-38(50-39)55(25-28-7-11-31(57-5)12-8-28)26-29-9-13-32(58-6)14-10-29/h7-16,23-24,30H,17-22,25-27H2,1-6H3. The highest BCUT2D eigenvalue weighted by Crippen LogP contribution is 2.42. The molecule has 2 saturated heterocycles. The number of alkyl halides is 3. The van der Waals surface area contributed by atoms with E-state index in [4.69, 9.17) is 45.5 Å². The van der Waals surface area contributed by atoms with E-state index in [2.05, 4.69) is 4.90 Å². The molecule has 0 bridgehead atoms. The first-order valence-electron chi connectivity index (χ1n) is 19.7. The molecule has 0 aliphatic carbocycles. The van der Waals surface area contributed by atoms with Crippen LogP contribution < -0.4 is 24.0 Å². The lowest BCUT2D eigenvalue weighted by atomic mass is 10.0. The largest absolute Gasteiger partial charge is 0.497 e. The number of carbonyl (C=O) groups is 1. The fourth-order valence-electron chi connectivity index (χ4n) is 7.16. The van der Waals surface area contributed by atoms with Crippen LogP contribution in [0.2, 0.25) is 5.02 Å². The molecule has 7 rings (SSSR count). The Morgan fingerprint density at radius 2 is 1.45 bits per heavy atom. The molecule has 12 nitrogen and oxygen atoms in total. The zero-order valence-corrected chi connectivity index (χ0v) is 35.3. The number of anilines is 2. The van der Waals surface area contributed by atoms with Gasteiger partial charge in [0.15, 0.2) is 0 Å². The van der Waals surface area contributed by atoms with Crippen molar-refractivity contribution >= 4 is 40.2 Å². The number of benzene rings is 3. The van der Waals surface area contributed by atoms with Crippen LogP contribution in [0.1, 0.15) is 43.9 Å². The van der Waals surface area contributed by atoms with E-state index in [9.17, 15) is 18.0 Å². The summed E-state index contributed by atoms with van der Waals surface area (Å²) in [5, 5.41) is 0.560. The molecule has 2 aliphatic heterocycles. The summed E-state index contributed by atoms with van der Waals surface area (Å²) in [5.74, 6) is 2.17. The number of likely N-dealkylation sites (tertiary alicyclic amines) is 1. The molecule has 60 heavy (non-hydrogen) atoms. The fourth-order valence-corrected chi connectivity index (χ4v) is 7.41. The Kier molecular flexibility index (Phi) is 12.5. The molecule has 4 heterocycles. The van der Waals surface area contributed by atoms with E-state index in [1.165, 1.54) is 12.1 Å². The van der Waals surface area contributed by atoms with E-state index < -0.39 is 23.4 Å². The number of likely N-dealkylation sites (N-methyl/N-ethyl adjacent to an activating group) is 1. The number of aromatic nitrogens is 3. The summed E-state index contributed by atoms with van der Waals surface area (Å²) in [6, 6.07) is 20.8. The number of halogens is 4. The lowest BCUT2D eigenvalue weighted by Gasteiger charge is -2.37. The minimum absolute atomic E-state index is 0.0384. The molecule has 0 N–H and O–H groups in total. The molecule has 0 spiro atoms. The molecule has 5 aromatic rings. The van der Waals surface area contributed by atoms with Gasteiger partial charge in [-0.25, -0.2) is 9.78 Å². The fraction of sp³-hybridized carbons (Fsp3) is 0.409. The predicted octanol–water partition coefficient (Wildman–Crippen LogP) is 8.73. The summed E-state index contributed by atoms with van der Waals surface area (Å²) < 4.78 is 67.2. The third-order valence-corrected chi connectivity index (χ3v) is 11.0. The zero-order chi connectivity index (χ0) is 42.8. The number of nitrogens with zero attached hydrogens (tertiary/aromatic N) is 7. The lowest BCUT2D eigenvalue weighted by molar-refractivity contribution is -0.137. The quantitative estimate of drug-likeness (QED) is 0.120. The van der Waals surface area contributed by atoms with Gasteiger partial charge in [-0.15, -0.1) is 0 Å². The van der Waals surface area contributed by atoms with E-state index >= 15 is 0 Å². The Labute approximate surface area is 352 Å². The Hall–Kier alpha value is -5.54. The normalized spacial score (nSPS) is 16.1. The zero-order valence-electron chi connectivity index (χ0n) is 34.6. The third-order valence-electron chi connectivity index (χ3n) is 10.6. The Bertz CT molecular complexity index is 2250. The lowest BCUT2D eigenvalue weighted by Crippen LogP contribution is -2.50. The number of amides is 1. The van der Waals surface area contributed by atoms with E-state index in [0.29, 0.717) is 79.9 Å². The van der Waals surface area contributed by atoms with Gasteiger partial charge in [-0.05, 0) is 100 Å². The number of ether oxygens (including phenoxy) is 4. The van der Waals surface area contributed by atoms with Gasteiger partial charge in [0.1, 0.15) is 35.3 Å². The van der Waals surface area contributed by atoms with Crippen molar-refractivity contribution in [2.45, 2.75) is 58.1 Å². The van der Waals surface area contributed by atoms with Crippen LogP contribution in [0.3, 0.4) is 0 Å². The number of piperazine rings is 1. The summed E-state index contributed by atoms with van der Waals surface area (Å²) >= 11 is 7.01. The second-order valence-corrected chi connectivity index (χ2v) is 16.4. The second-order valence-electron chi connectivity index (χ2n) is 16.0. The highest BCUT2D eigenvalue weighted by molar-refractivity contribution is 6.34. The summed E-state index contributed by atoms with van der Waals surface area (Å²) in [4.78, 5) is 34.9. The molecule has 0 saturated carbocycles. The van der Waals surface area contributed by atoms with Gasteiger partial charge in [0.2, 0.25) is 0 Å². The molecular formula is C44H49ClF3N7O5. The molecule has 2 fully saturated rings. The molecule has 2 aromatic heterocycles. The molecule has 0 radical (unpaired) electrons. The van der Waals surface area contributed by atoms with Crippen molar-refractivity contribution in [1.82, 2.24) is 24.8 Å². The van der Waals surface area contributed by atoms with Crippen LogP contribution in [0.4, 0.5) is 29.6 Å². The first-order chi connectivity index (χ1) is 28.6. The number of hydrogen-bond acceptors (Lipinski definition) is 11. The average molecular weight is 848 g/mol. The molecule has 1 amide bonds. The van der Waals surface area contributed by atoms with Gasteiger partial charge in [0.25, 0.3) is 0 Å². The van der Waals surface area contributed by atoms with E-state index in [1.54, 1.807) is 25.2 Å². The van der Waals surface area contributed by atoms with Crippen LogP contribution in [0.25, 0.3) is 22.2 Å². The topological polar surface area (TPSA) is 106 Å². The average Bonchev–Trinajstić information content (AvgIpc) is 3.22. The minimum Gasteiger partial charge on any atom is -0.497 e. The van der Waals surface area contributed by atoms with Crippen molar-refractivity contribution in [1.29, 1.82) is 0 Å². The van der Waals surface area contributed by atoms with Crippen molar-refractivity contribution < 1.29 is 36.9 Å². The molecule has 1 atom stereocenters. The SMILES string of the molecule is COc1ccc(CN(Cc2ccc(OC)cc2)c2ccc(C(F)(F)F)c(-c3cc4nc(OCC5CCN5C)nc(N5CCN(C(=O)OC(C)(C)C)CC5)c4cc3Cl)n2)cc1. The Morgan fingerprint density at radius 1 is 0.833 bits per heavy atom. The van der Waals surface area contributed by atoms with Crippen molar-refractivity contribution in [2.24, 2.45) is 0 Å². The molecule has 2 aliphatic rings. The smallest absolute Gasteiger partial charge is 0.418 e. The van der Waals surface area contributed by atoms with Crippen LogP contribution in [0, 0.1) is 0 Å². The highest BCUT2D eigenvalue weighted by Gasteiger charge is 2.36. The summed E-state index contributed by atoms with van der Waals surface area (Å²) in [6.07, 6.45) is -4.21. The summed E-state index contributed by atoms with van der Waals surface area (Å²) in [7, 11) is 5.18. The van der Waals surface area contributed by atoms with E-state index in [0.717, 1.165) is 30.2 Å². The van der Waals surface area contributed by atoms with Gasteiger partial charge in [0, 0.05) is 56.3 Å². The third kappa shape index (κ3) is 9.90. The molecule has 1 unspecified atom stereocenters. The number of fused-ring (bicyclic) bond motifs is 1. The maximum atomic E-state index is 14.9. The molecule has 318 valence electrons. The van der Waals surface area contributed by atoms with Gasteiger partial charge in [-0.1, -0.05) is 35.9 Å². The van der Waals surface area contributed by atoms with E-state index in [1.807, 2.05) is 86.1 Å². The molecule has 3 aromatic carbocycles. The van der Waals surface area contributed by atoms with Gasteiger partial charge in [0.05, 0.1) is 36.0 Å². The van der Waals surface area contributed by atoms with E-state index in [-0.39, 0.29) is 28.3 Å². The Balaban J connectivity index is 1.29. The first-order valence-corrected chi connectivity index (χ1v) is 20.1. The van der Waals surface area contributed by atoms with Crippen LogP contribution in [0.15, 0.2) is 72.8 Å². The van der Waals surface area contributed by atoms with Crippen molar-refractivity contribution in [3.05, 3.63) is 94.5 Å². The van der Waals surface area contributed by atoms with Crippen LogP contribution >= 0.6 is 11.6 Å². The number of carbonyl (C=O) groups excluding carboxylic acids is 1. The van der Waals surface area contributed by atoms with Crippen LogP contribution in [-0.4, -0.2) is 103 Å². The van der Waals surface area contributed by atoms with Crippen molar-refractivity contribution in [3.8, 4) is 28.8 Å². The van der Waals surface area contributed by atoms with Crippen LogP contribution in [-0.2, 0) is 24.0 Å². The number of pyridine rings is 1. The second kappa shape index (κ2) is 17.6.